The van der Waals surface area contributed by atoms with Crippen LogP contribution in [0, 0.1) is 12.3 Å². The Morgan fingerprint density at radius 3 is 2.32 bits per heavy atom. The molecule has 0 fully saturated rings. The van der Waals surface area contributed by atoms with Crippen LogP contribution in [0.4, 0.5) is 0 Å². The first-order chi connectivity index (χ1) is 8.87. The van der Waals surface area contributed by atoms with Crippen LogP contribution in [0.5, 0.6) is 0 Å². The number of phosphoric acid groups is 1. The van der Waals surface area contributed by atoms with Crippen molar-refractivity contribution in [2.45, 2.75) is 32.0 Å². The molecule has 0 amide bonds. The van der Waals surface area contributed by atoms with E-state index in [9.17, 15) is 14.8 Å². The monoisotopic (exact) mass is 292 g/mol. The molecule has 0 spiro atoms. The van der Waals surface area contributed by atoms with Crippen molar-refractivity contribution in [1.82, 2.24) is 0 Å². The Morgan fingerprint density at radius 2 is 1.95 bits per heavy atom. The van der Waals surface area contributed by atoms with Gasteiger partial charge in [0.1, 0.15) is 6.61 Å². The summed E-state index contributed by atoms with van der Waals surface area (Å²) < 4.78 is 26.7. The molecule has 0 heterocycles. The summed E-state index contributed by atoms with van der Waals surface area (Å²) in [6, 6.07) is 0. The molecule has 0 aliphatic rings. The molecule has 0 aliphatic carbocycles. The minimum absolute atomic E-state index is 0.0671. The van der Waals surface area contributed by atoms with Crippen molar-refractivity contribution in [3.05, 3.63) is 12.7 Å². The molecule has 0 unspecified atom stereocenters. The van der Waals surface area contributed by atoms with Crippen molar-refractivity contribution in [3.63, 3.8) is 0 Å². The Balaban J connectivity index is 4.76. The number of aliphatic hydroxyl groups is 2. The Kier molecular flexibility index (Phi) is 8.19. The van der Waals surface area contributed by atoms with Crippen LogP contribution in [0.1, 0.15) is 20.3 Å². The standard InChI is InChI=1S/C12H21O6P/c1-5-9-11(13)12(14,6-2)10-18-19(15,16-7-3)17-8-4/h2,5,11,13-14H,1,7-10H2,3-4H3/t11-,12+/m0/s1. The Hall–Kier alpha value is -0.670. The van der Waals surface area contributed by atoms with Gasteiger partial charge in [-0.1, -0.05) is 12.0 Å². The fraction of sp³-hybridized carbons (Fsp3) is 0.667. The zero-order valence-corrected chi connectivity index (χ0v) is 12.1. The summed E-state index contributed by atoms with van der Waals surface area (Å²) in [6.45, 7) is 6.32. The van der Waals surface area contributed by atoms with E-state index >= 15 is 0 Å². The lowest BCUT2D eigenvalue weighted by molar-refractivity contribution is -0.0636. The molecule has 7 heteroatoms. The van der Waals surface area contributed by atoms with E-state index in [1.165, 1.54) is 6.08 Å². The maximum atomic E-state index is 12.0. The molecule has 0 aromatic carbocycles. The highest BCUT2D eigenvalue weighted by Crippen LogP contribution is 2.49. The van der Waals surface area contributed by atoms with E-state index in [2.05, 4.69) is 6.58 Å². The molecule has 0 aliphatic heterocycles. The molecule has 2 atom stereocenters. The Labute approximate surface area is 114 Å². The maximum Gasteiger partial charge on any atom is 0.474 e. The van der Waals surface area contributed by atoms with E-state index in [-0.39, 0.29) is 19.6 Å². The average Bonchev–Trinajstić information content (AvgIpc) is 2.37. The van der Waals surface area contributed by atoms with Gasteiger partial charge in [-0.05, 0) is 20.3 Å². The molecule has 0 bridgehead atoms. The third-order valence-corrected chi connectivity index (χ3v) is 3.80. The fourth-order valence-electron chi connectivity index (χ4n) is 1.19. The molecule has 0 aromatic rings. The number of hydrogen-bond acceptors (Lipinski definition) is 6. The smallest absolute Gasteiger partial charge is 0.389 e. The SMILES string of the molecule is C#C[C@@](O)(COP(=O)(OCC)OCC)[C@@H](O)CC=C. The van der Waals surface area contributed by atoms with Crippen LogP contribution in [-0.2, 0) is 18.1 Å². The fourth-order valence-corrected chi connectivity index (χ4v) is 2.40. The van der Waals surface area contributed by atoms with Crippen molar-refractivity contribution < 1.29 is 28.3 Å². The molecule has 0 aromatic heterocycles. The molecule has 2 N–H and O–H groups in total. The van der Waals surface area contributed by atoms with Crippen LogP contribution in [0.3, 0.4) is 0 Å². The topological polar surface area (TPSA) is 85.2 Å². The van der Waals surface area contributed by atoms with E-state index in [4.69, 9.17) is 20.0 Å². The number of rotatable bonds is 10. The van der Waals surface area contributed by atoms with Crippen molar-refractivity contribution >= 4 is 7.82 Å². The number of terminal acetylenes is 1. The molecule has 0 rings (SSSR count). The largest absolute Gasteiger partial charge is 0.474 e. The first kappa shape index (κ1) is 18.3. The predicted molar refractivity (Wildman–Crippen MR) is 71.4 cm³/mol. The second-order valence-corrected chi connectivity index (χ2v) is 5.33. The molecule has 6 nitrogen and oxygen atoms in total. The molecule has 0 saturated carbocycles. The van der Waals surface area contributed by atoms with Gasteiger partial charge in [0.2, 0.25) is 0 Å². The summed E-state index contributed by atoms with van der Waals surface area (Å²) in [5.41, 5.74) is -1.99. The van der Waals surface area contributed by atoms with Gasteiger partial charge in [-0.3, -0.25) is 13.6 Å². The van der Waals surface area contributed by atoms with Crippen LogP contribution in [0.2, 0.25) is 0 Å². The van der Waals surface area contributed by atoms with E-state index in [0.29, 0.717) is 0 Å². The zero-order valence-electron chi connectivity index (χ0n) is 11.2. The highest BCUT2D eigenvalue weighted by molar-refractivity contribution is 7.48. The average molecular weight is 292 g/mol. The van der Waals surface area contributed by atoms with Crippen molar-refractivity contribution in [1.29, 1.82) is 0 Å². The van der Waals surface area contributed by atoms with Crippen LogP contribution in [-0.4, -0.2) is 41.7 Å². The summed E-state index contributed by atoms with van der Waals surface area (Å²) in [6.07, 6.45) is 5.35. The Morgan fingerprint density at radius 1 is 1.42 bits per heavy atom. The van der Waals surface area contributed by atoms with Gasteiger partial charge in [0.25, 0.3) is 0 Å². The zero-order chi connectivity index (χ0) is 14.9. The summed E-state index contributed by atoms with van der Waals surface area (Å²) in [5, 5.41) is 19.7. The van der Waals surface area contributed by atoms with E-state index in [1.807, 2.05) is 5.92 Å². The minimum atomic E-state index is -3.78. The van der Waals surface area contributed by atoms with Crippen molar-refractivity contribution in [2.24, 2.45) is 0 Å². The van der Waals surface area contributed by atoms with Gasteiger partial charge in [-0.15, -0.1) is 13.0 Å². The maximum absolute atomic E-state index is 12.0. The predicted octanol–water partition coefficient (Wildman–Crippen LogP) is 1.49. The third kappa shape index (κ3) is 5.87. The number of hydrogen-bond donors (Lipinski definition) is 2. The lowest BCUT2D eigenvalue weighted by atomic mass is 9.96. The third-order valence-electron chi connectivity index (χ3n) is 2.21. The van der Waals surface area contributed by atoms with Gasteiger partial charge >= 0.3 is 7.82 Å². The molecule has 0 radical (unpaired) electrons. The van der Waals surface area contributed by atoms with Crippen molar-refractivity contribution in [2.75, 3.05) is 19.8 Å². The molecule has 19 heavy (non-hydrogen) atoms. The quantitative estimate of drug-likeness (QED) is 0.360. The van der Waals surface area contributed by atoms with Crippen LogP contribution >= 0.6 is 7.82 Å². The number of phosphoric ester groups is 1. The van der Waals surface area contributed by atoms with Gasteiger partial charge < -0.3 is 10.2 Å². The molecular weight excluding hydrogens is 271 g/mol. The number of aliphatic hydroxyl groups excluding tert-OH is 1. The lowest BCUT2D eigenvalue weighted by Crippen LogP contribution is -2.44. The first-order valence-corrected chi connectivity index (χ1v) is 7.36. The lowest BCUT2D eigenvalue weighted by Gasteiger charge is -2.28. The van der Waals surface area contributed by atoms with E-state index in [0.717, 1.165) is 0 Å². The highest BCUT2D eigenvalue weighted by Gasteiger charge is 2.37. The summed E-state index contributed by atoms with van der Waals surface area (Å²) in [5.74, 6) is 2.02. The first-order valence-electron chi connectivity index (χ1n) is 5.90. The van der Waals surface area contributed by atoms with Crippen molar-refractivity contribution in [3.8, 4) is 12.3 Å². The summed E-state index contributed by atoms with van der Waals surface area (Å²) >= 11 is 0. The molecular formula is C12H21O6P. The normalized spacial score (nSPS) is 16.4. The van der Waals surface area contributed by atoms with Gasteiger partial charge in [-0.25, -0.2) is 4.57 Å². The van der Waals surface area contributed by atoms with Gasteiger partial charge in [0, 0.05) is 0 Å². The molecule has 0 saturated heterocycles. The van der Waals surface area contributed by atoms with Crippen LogP contribution in [0.15, 0.2) is 12.7 Å². The minimum Gasteiger partial charge on any atom is -0.389 e. The van der Waals surface area contributed by atoms with Crippen LogP contribution < -0.4 is 0 Å². The second-order valence-electron chi connectivity index (χ2n) is 3.66. The summed E-state index contributed by atoms with van der Waals surface area (Å²) in [7, 11) is -3.78. The van der Waals surface area contributed by atoms with Gasteiger partial charge in [-0.2, -0.15) is 0 Å². The molecule has 110 valence electrons. The van der Waals surface area contributed by atoms with Crippen LogP contribution in [0.25, 0.3) is 0 Å². The second kappa shape index (κ2) is 8.49. The van der Waals surface area contributed by atoms with Gasteiger partial charge in [0.05, 0.1) is 19.3 Å². The van der Waals surface area contributed by atoms with Gasteiger partial charge in [0.15, 0.2) is 5.60 Å². The van der Waals surface area contributed by atoms with E-state index in [1.54, 1.807) is 13.8 Å². The summed E-state index contributed by atoms with van der Waals surface area (Å²) in [4.78, 5) is 0. The highest BCUT2D eigenvalue weighted by atomic mass is 31.2. The van der Waals surface area contributed by atoms with E-state index < -0.39 is 26.1 Å². The Bertz CT molecular complexity index is 354.